The largest absolute Gasteiger partial charge is 0.493 e. The van der Waals surface area contributed by atoms with Crippen molar-refractivity contribution in [2.75, 3.05) is 14.2 Å². The van der Waals surface area contributed by atoms with Crippen LogP contribution in [0.5, 0.6) is 11.5 Å². The molecular weight excluding hydrogens is 225 g/mol. The van der Waals surface area contributed by atoms with E-state index in [0.29, 0.717) is 0 Å². The summed E-state index contributed by atoms with van der Waals surface area (Å²) < 4.78 is 23.1. The summed E-state index contributed by atoms with van der Waals surface area (Å²) in [5, 5.41) is 11.0. The number of ether oxygens (including phenoxy) is 2. The van der Waals surface area contributed by atoms with Gasteiger partial charge in [0.1, 0.15) is 0 Å². The molecule has 1 aromatic carbocycles. The zero-order valence-corrected chi connectivity index (χ0v) is 8.88. The molecule has 0 aliphatic rings. The van der Waals surface area contributed by atoms with Crippen LogP contribution in [-0.2, 0) is 0 Å². The highest BCUT2D eigenvalue weighted by Gasteiger charge is 2.14. The van der Waals surface area contributed by atoms with E-state index in [1.165, 1.54) is 20.3 Å². The zero-order chi connectivity index (χ0) is 11.4. The third kappa shape index (κ3) is 2.30. The summed E-state index contributed by atoms with van der Waals surface area (Å²) >= 11 is 5.52. The summed E-state index contributed by atoms with van der Waals surface area (Å²) in [4.78, 5) is 0. The van der Waals surface area contributed by atoms with Gasteiger partial charge >= 0.3 is 0 Å². The lowest BCUT2D eigenvalue weighted by molar-refractivity contribution is 0.320. The molecule has 6 heteroatoms. The van der Waals surface area contributed by atoms with E-state index in [0.717, 1.165) is 6.07 Å². The molecule has 0 aromatic heterocycles. The Morgan fingerprint density at radius 2 is 2.07 bits per heavy atom. The van der Waals surface area contributed by atoms with E-state index in [1.807, 2.05) is 0 Å². The Kier molecular flexibility index (Phi) is 3.74. The van der Waals surface area contributed by atoms with Crippen LogP contribution in [0.25, 0.3) is 0 Å². The van der Waals surface area contributed by atoms with Gasteiger partial charge < -0.3 is 14.7 Å². The Morgan fingerprint density at radius 1 is 1.40 bits per heavy atom. The molecule has 1 rings (SSSR count). The normalized spacial score (nSPS) is 11.3. The summed E-state index contributed by atoms with van der Waals surface area (Å²) in [6.07, 6.45) is 0. The van der Waals surface area contributed by atoms with Crippen molar-refractivity contribution in [3.8, 4) is 11.5 Å². The number of methoxy groups -OCH3 is 2. The van der Waals surface area contributed by atoms with E-state index in [1.54, 1.807) is 0 Å². The third-order valence-electron chi connectivity index (χ3n) is 1.76. The topological polar surface area (TPSA) is 51.0 Å². The quantitative estimate of drug-likeness (QED) is 0.495. The Labute approximate surface area is 90.9 Å². The van der Waals surface area contributed by atoms with E-state index in [-0.39, 0.29) is 22.2 Å². The summed E-state index contributed by atoms with van der Waals surface area (Å²) in [6.45, 7) is 0. The van der Waals surface area contributed by atoms with Crippen LogP contribution in [0.3, 0.4) is 0 Å². The van der Waals surface area contributed by atoms with Gasteiger partial charge in [-0.25, -0.2) is 4.39 Å². The molecule has 0 unspecified atom stereocenters. The predicted octanol–water partition coefficient (Wildman–Crippen LogP) is 2.22. The van der Waals surface area contributed by atoms with Crippen molar-refractivity contribution in [2.24, 2.45) is 5.16 Å². The van der Waals surface area contributed by atoms with Gasteiger partial charge in [0.25, 0.3) is 0 Å². The second-order valence-electron chi connectivity index (χ2n) is 2.58. The Balaban J connectivity index is 3.32. The van der Waals surface area contributed by atoms with Crippen molar-refractivity contribution in [3.05, 3.63) is 23.5 Å². The molecule has 0 radical (unpaired) electrons. The van der Waals surface area contributed by atoms with Gasteiger partial charge in [-0.2, -0.15) is 0 Å². The van der Waals surface area contributed by atoms with Gasteiger partial charge in [0.05, 0.1) is 14.2 Å². The van der Waals surface area contributed by atoms with Crippen LogP contribution in [0, 0.1) is 5.82 Å². The van der Waals surface area contributed by atoms with Gasteiger partial charge in [-0.1, -0.05) is 16.8 Å². The SMILES string of the molecule is COc1cc(C(Cl)=NO)cc(F)c1OC. The number of hydrogen-bond donors (Lipinski definition) is 1. The first-order valence-corrected chi connectivity index (χ1v) is 4.31. The van der Waals surface area contributed by atoms with Crippen LogP contribution in [0.15, 0.2) is 17.3 Å². The van der Waals surface area contributed by atoms with Crippen LogP contribution in [0.4, 0.5) is 4.39 Å². The predicted molar refractivity (Wildman–Crippen MR) is 53.7 cm³/mol. The van der Waals surface area contributed by atoms with Crippen LogP contribution in [0.2, 0.25) is 0 Å². The highest BCUT2D eigenvalue weighted by Crippen LogP contribution is 2.31. The number of rotatable bonds is 3. The molecule has 0 saturated carbocycles. The minimum atomic E-state index is -0.645. The number of nitrogens with zero attached hydrogens (tertiary/aromatic N) is 1. The first-order chi connectivity index (χ1) is 7.13. The lowest BCUT2D eigenvalue weighted by Gasteiger charge is -2.09. The van der Waals surface area contributed by atoms with Crippen molar-refractivity contribution in [1.82, 2.24) is 0 Å². The second kappa shape index (κ2) is 4.84. The maximum atomic E-state index is 13.4. The number of benzene rings is 1. The molecule has 0 spiro atoms. The van der Waals surface area contributed by atoms with Gasteiger partial charge in [-0.05, 0) is 12.1 Å². The molecule has 0 heterocycles. The molecule has 15 heavy (non-hydrogen) atoms. The zero-order valence-electron chi connectivity index (χ0n) is 8.12. The minimum absolute atomic E-state index is 0.0244. The van der Waals surface area contributed by atoms with Crippen LogP contribution >= 0.6 is 11.6 Å². The molecular formula is C9H9ClFNO3. The van der Waals surface area contributed by atoms with Crippen molar-refractivity contribution in [3.63, 3.8) is 0 Å². The van der Waals surface area contributed by atoms with Crippen molar-refractivity contribution in [2.45, 2.75) is 0 Å². The lowest BCUT2D eigenvalue weighted by Crippen LogP contribution is -1.98. The van der Waals surface area contributed by atoms with Gasteiger partial charge in [0.15, 0.2) is 22.5 Å². The highest BCUT2D eigenvalue weighted by molar-refractivity contribution is 6.69. The third-order valence-corrected chi connectivity index (χ3v) is 2.05. The monoisotopic (exact) mass is 233 g/mol. The number of hydrogen-bond acceptors (Lipinski definition) is 4. The molecule has 0 aliphatic carbocycles. The summed E-state index contributed by atoms with van der Waals surface area (Å²) in [6, 6.07) is 2.49. The van der Waals surface area contributed by atoms with E-state index >= 15 is 0 Å². The second-order valence-corrected chi connectivity index (χ2v) is 2.94. The molecule has 82 valence electrons. The fourth-order valence-corrected chi connectivity index (χ4v) is 1.20. The molecule has 0 saturated heterocycles. The molecule has 1 N–H and O–H groups in total. The maximum absolute atomic E-state index is 13.4. The average molecular weight is 234 g/mol. The average Bonchev–Trinajstić information content (AvgIpc) is 2.26. The summed E-state index contributed by atoms with van der Waals surface area (Å²) in [5.74, 6) is -0.494. The molecule has 0 bridgehead atoms. The van der Waals surface area contributed by atoms with E-state index in [2.05, 4.69) is 5.16 Å². The van der Waals surface area contributed by atoms with E-state index < -0.39 is 5.82 Å². The smallest absolute Gasteiger partial charge is 0.196 e. The number of halogens is 2. The fourth-order valence-electron chi connectivity index (χ4n) is 1.09. The summed E-state index contributed by atoms with van der Waals surface area (Å²) in [5.41, 5.74) is 0.203. The van der Waals surface area contributed by atoms with Gasteiger partial charge in [0.2, 0.25) is 0 Å². The number of oxime groups is 1. The molecule has 0 fully saturated rings. The highest BCUT2D eigenvalue weighted by atomic mass is 35.5. The van der Waals surface area contributed by atoms with Gasteiger partial charge in [0, 0.05) is 5.56 Å². The van der Waals surface area contributed by atoms with E-state index in [9.17, 15) is 4.39 Å². The molecule has 4 nitrogen and oxygen atoms in total. The first kappa shape index (κ1) is 11.6. The molecule has 0 atom stereocenters. The Bertz CT molecular complexity index is 395. The Hall–Kier alpha value is -1.49. The van der Waals surface area contributed by atoms with Gasteiger partial charge in [-0.3, -0.25) is 0 Å². The maximum Gasteiger partial charge on any atom is 0.196 e. The standard InChI is InChI=1S/C9H9ClFNO3/c1-14-7-4-5(9(10)12-13)3-6(11)8(7)15-2/h3-4,13H,1-2H3. The summed E-state index contributed by atoms with van der Waals surface area (Å²) in [7, 11) is 2.69. The molecule has 1 aromatic rings. The van der Waals surface area contributed by atoms with E-state index in [4.69, 9.17) is 26.3 Å². The molecule has 0 amide bonds. The van der Waals surface area contributed by atoms with Crippen LogP contribution in [0.1, 0.15) is 5.56 Å². The van der Waals surface area contributed by atoms with Crippen LogP contribution < -0.4 is 9.47 Å². The molecule has 0 aliphatic heterocycles. The van der Waals surface area contributed by atoms with Crippen molar-refractivity contribution in [1.29, 1.82) is 0 Å². The first-order valence-electron chi connectivity index (χ1n) is 3.93. The van der Waals surface area contributed by atoms with Crippen molar-refractivity contribution >= 4 is 16.8 Å². The fraction of sp³-hybridized carbons (Fsp3) is 0.222. The van der Waals surface area contributed by atoms with Crippen LogP contribution in [-0.4, -0.2) is 24.6 Å². The van der Waals surface area contributed by atoms with Gasteiger partial charge in [-0.15, -0.1) is 0 Å². The lowest BCUT2D eigenvalue weighted by atomic mass is 10.2. The van der Waals surface area contributed by atoms with Crippen molar-refractivity contribution < 1.29 is 19.1 Å². The Morgan fingerprint density at radius 3 is 2.53 bits per heavy atom. The minimum Gasteiger partial charge on any atom is -0.493 e.